The van der Waals surface area contributed by atoms with Crippen molar-refractivity contribution in [3.8, 4) is 5.75 Å². The van der Waals surface area contributed by atoms with Gasteiger partial charge in [-0.3, -0.25) is 0 Å². The van der Waals surface area contributed by atoms with Crippen molar-refractivity contribution in [3.05, 3.63) is 53.8 Å². The molecule has 0 atom stereocenters. The number of benzene rings is 1. The minimum absolute atomic E-state index is 0.0340. The van der Waals surface area contributed by atoms with Crippen LogP contribution in [0.15, 0.2) is 36.8 Å². The number of ether oxygens (including phenoxy) is 1. The third-order valence-electron chi connectivity index (χ3n) is 2.21. The molecule has 0 aliphatic carbocycles. The molecule has 0 heterocycles. The molecular weight excluding hydrogens is 198 g/mol. The molecule has 2 nitrogen and oxygen atoms in total. The Morgan fingerprint density at radius 3 is 2.62 bits per heavy atom. The van der Waals surface area contributed by atoms with E-state index in [1.54, 1.807) is 0 Å². The molecule has 0 bridgehead atoms. The van der Waals surface area contributed by atoms with Crippen LogP contribution in [-0.2, 0) is 5.41 Å². The minimum Gasteiger partial charge on any atom is -0.468 e. The summed E-state index contributed by atoms with van der Waals surface area (Å²) >= 11 is 0. The van der Waals surface area contributed by atoms with Crippen molar-refractivity contribution in [3.63, 3.8) is 0 Å². The molecule has 0 amide bonds. The lowest BCUT2D eigenvalue weighted by atomic mass is 9.87. The van der Waals surface area contributed by atoms with Crippen molar-refractivity contribution in [2.24, 2.45) is 0 Å². The molecule has 0 fully saturated rings. The molecular formula is C14H15NO. The highest BCUT2D eigenvalue weighted by Gasteiger charge is 2.15. The lowest BCUT2D eigenvalue weighted by Crippen LogP contribution is -2.10. The van der Waals surface area contributed by atoms with Gasteiger partial charge in [-0.1, -0.05) is 44.7 Å². The summed E-state index contributed by atoms with van der Waals surface area (Å²) in [7, 11) is 0. The Hall–Kier alpha value is -1.97. The first-order valence-electron chi connectivity index (χ1n) is 5.02. The summed E-state index contributed by atoms with van der Waals surface area (Å²) in [4.78, 5) is 3.45. The normalized spacial score (nSPS) is 10.1. The molecule has 0 saturated carbocycles. The maximum Gasteiger partial charge on any atom is 0.229 e. The average molecular weight is 213 g/mol. The molecule has 0 N–H and O–H groups in total. The summed E-state index contributed by atoms with van der Waals surface area (Å²) in [5.41, 5.74) is 4.18. The van der Waals surface area contributed by atoms with Gasteiger partial charge in [-0.15, -0.1) is 0 Å². The highest BCUT2D eigenvalue weighted by atomic mass is 16.5. The number of hydrogen-bond donors (Lipinski definition) is 0. The van der Waals surface area contributed by atoms with Gasteiger partial charge in [-0.05, 0) is 17.5 Å². The zero-order valence-electron chi connectivity index (χ0n) is 9.87. The quantitative estimate of drug-likeness (QED) is 0.407. The maximum absolute atomic E-state index is 7.12. The Balaban J connectivity index is 3.18. The van der Waals surface area contributed by atoms with E-state index >= 15 is 0 Å². The fourth-order valence-electron chi connectivity index (χ4n) is 1.28. The average Bonchev–Trinajstić information content (AvgIpc) is 2.24. The van der Waals surface area contributed by atoms with E-state index in [1.807, 2.05) is 18.2 Å². The first kappa shape index (κ1) is 12.1. The van der Waals surface area contributed by atoms with Crippen molar-refractivity contribution >= 4 is 5.69 Å². The second kappa shape index (κ2) is 4.70. The lowest BCUT2D eigenvalue weighted by molar-refractivity contribution is 0.484. The fraction of sp³-hybridized carbons (Fsp3) is 0.286. The first-order chi connectivity index (χ1) is 7.49. The lowest BCUT2D eigenvalue weighted by Gasteiger charge is -2.19. The van der Waals surface area contributed by atoms with E-state index in [4.69, 9.17) is 11.3 Å². The van der Waals surface area contributed by atoms with E-state index in [0.29, 0.717) is 11.4 Å². The topological polar surface area (TPSA) is 13.6 Å². The summed E-state index contributed by atoms with van der Waals surface area (Å²) < 4.78 is 5.23. The summed E-state index contributed by atoms with van der Waals surface area (Å²) in [5.74, 6) is 0.541. The maximum atomic E-state index is 7.12. The summed E-state index contributed by atoms with van der Waals surface area (Å²) in [6.07, 6.45) is 1.35. The third kappa shape index (κ3) is 2.76. The molecule has 82 valence electrons. The van der Waals surface area contributed by atoms with Gasteiger partial charge in [0, 0.05) is 0 Å². The standard InChI is InChI=1S/C14H15NO/c1-6-9-16-13-8-7-11(14(2,3)4)10-12(13)15-5/h7-10H,1H2,2-4H3. The Morgan fingerprint density at radius 1 is 1.44 bits per heavy atom. The van der Waals surface area contributed by atoms with Crippen LogP contribution in [0.5, 0.6) is 5.75 Å². The zero-order chi connectivity index (χ0) is 12.2. The molecule has 0 saturated heterocycles. The van der Waals surface area contributed by atoms with E-state index in [1.165, 1.54) is 6.26 Å². The molecule has 0 spiro atoms. The van der Waals surface area contributed by atoms with Crippen molar-refractivity contribution in [1.82, 2.24) is 0 Å². The first-order valence-corrected chi connectivity index (χ1v) is 5.02. The summed E-state index contributed by atoms with van der Waals surface area (Å²) in [6.45, 7) is 16.9. The van der Waals surface area contributed by atoms with Crippen LogP contribution in [0.2, 0.25) is 0 Å². The molecule has 16 heavy (non-hydrogen) atoms. The summed E-state index contributed by atoms with van der Waals surface area (Å²) in [5, 5.41) is 0. The van der Waals surface area contributed by atoms with Crippen molar-refractivity contribution in [1.29, 1.82) is 0 Å². The predicted molar refractivity (Wildman–Crippen MR) is 65.7 cm³/mol. The van der Waals surface area contributed by atoms with Crippen LogP contribution in [0.25, 0.3) is 4.85 Å². The highest BCUT2D eigenvalue weighted by Crippen LogP contribution is 2.33. The Labute approximate surface area is 96.7 Å². The minimum atomic E-state index is 0.0340. The summed E-state index contributed by atoms with van der Waals surface area (Å²) in [6, 6.07) is 5.64. The molecule has 1 aromatic carbocycles. The fourth-order valence-corrected chi connectivity index (χ4v) is 1.28. The largest absolute Gasteiger partial charge is 0.468 e. The van der Waals surface area contributed by atoms with Crippen molar-refractivity contribution in [2.45, 2.75) is 26.2 Å². The second-order valence-electron chi connectivity index (χ2n) is 4.48. The van der Waals surface area contributed by atoms with Gasteiger partial charge >= 0.3 is 0 Å². The van der Waals surface area contributed by atoms with Crippen LogP contribution in [0.1, 0.15) is 26.3 Å². The monoisotopic (exact) mass is 213 g/mol. The van der Waals surface area contributed by atoms with Crippen LogP contribution in [0.3, 0.4) is 0 Å². The second-order valence-corrected chi connectivity index (χ2v) is 4.48. The Kier molecular flexibility index (Phi) is 3.55. The molecule has 0 aliphatic rings. The molecule has 1 aromatic rings. The Morgan fingerprint density at radius 2 is 2.12 bits per heavy atom. The molecule has 0 radical (unpaired) electrons. The SMILES string of the molecule is [C-]#[N+]c1cc(C(C)(C)C)ccc1OC=C=C. The molecule has 0 unspecified atom stereocenters. The smallest absolute Gasteiger partial charge is 0.229 e. The van der Waals surface area contributed by atoms with Crippen LogP contribution in [-0.4, -0.2) is 0 Å². The van der Waals surface area contributed by atoms with Gasteiger partial charge in [0.1, 0.15) is 12.0 Å². The van der Waals surface area contributed by atoms with Gasteiger partial charge in [0.15, 0.2) is 0 Å². The molecule has 2 heteroatoms. The van der Waals surface area contributed by atoms with E-state index in [9.17, 15) is 0 Å². The predicted octanol–water partition coefficient (Wildman–Crippen LogP) is 4.21. The van der Waals surface area contributed by atoms with Gasteiger partial charge in [-0.25, -0.2) is 4.85 Å². The van der Waals surface area contributed by atoms with Gasteiger partial charge in [0.2, 0.25) is 5.69 Å². The van der Waals surface area contributed by atoms with E-state index in [2.05, 4.69) is 37.9 Å². The molecule has 1 rings (SSSR count). The number of rotatable bonds is 2. The van der Waals surface area contributed by atoms with Crippen molar-refractivity contribution < 1.29 is 4.74 Å². The van der Waals surface area contributed by atoms with Crippen LogP contribution in [0.4, 0.5) is 5.69 Å². The van der Waals surface area contributed by atoms with Crippen LogP contribution in [0, 0.1) is 6.57 Å². The highest BCUT2D eigenvalue weighted by molar-refractivity contribution is 5.60. The van der Waals surface area contributed by atoms with Crippen molar-refractivity contribution in [2.75, 3.05) is 0 Å². The number of hydrogen-bond acceptors (Lipinski definition) is 1. The Bertz CT molecular complexity index is 468. The molecule has 0 aromatic heterocycles. The van der Waals surface area contributed by atoms with E-state index in [-0.39, 0.29) is 5.41 Å². The zero-order valence-corrected chi connectivity index (χ0v) is 9.87. The van der Waals surface area contributed by atoms with Gasteiger partial charge < -0.3 is 4.74 Å². The van der Waals surface area contributed by atoms with Crippen LogP contribution >= 0.6 is 0 Å². The van der Waals surface area contributed by atoms with Gasteiger partial charge in [0.05, 0.1) is 6.57 Å². The number of nitrogens with zero attached hydrogens (tertiary/aromatic N) is 1. The van der Waals surface area contributed by atoms with Crippen LogP contribution < -0.4 is 4.74 Å². The van der Waals surface area contributed by atoms with Gasteiger partial charge in [0.25, 0.3) is 0 Å². The molecule has 0 aliphatic heterocycles. The van der Waals surface area contributed by atoms with Gasteiger partial charge in [-0.2, -0.15) is 0 Å². The van der Waals surface area contributed by atoms with E-state index < -0.39 is 0 Å². The third-order valence-corrected chi connectivity index (χ3v) is 2.21. The van der Waals surface area contributed by atoms with E-state index in [0.717, 1.165) is 5.56 Å².